The van der Waals surface area contributed by atoms with E-state index in [4.69, 9.17) is 0 Å². The fourth-order valence-electron chi connectivity index (χ4n) is 3.16. The van der Waals surface area contributed by atoms with E-state index in [1.54, 1.807) is 0 Å². The smallest absolute Gasteiger partial charge is 0.305 e. The van der Waals surface area contributed by atoms with Crippen molar-refractivity contribution in [2.24, 2.45) is 5.92 Å². The third-order valence-corrected chi connectivity index (χ3v) is 4.97. The van der Waals surface area contributed by atoms with Crippen molar-refractivity contribution in [2.45, 2.75) is 83.8 Å². The zero-order valence-corrected chi connectivity index (χ0v) is 17.1. The van der Waals surface area contributed by atoms with Gasteiger partial charge in [-0.2, -0.15) is 0 Å². The lowest BCUT2D eigenvalue weighted by molar-refractivity contribution is -0.140. The number of amides is 1. The van der Waals surface area contributed by atoms with E-state index in [1.165, 1.54) is 7.11 Å². The molecule has 1 fully saturated rings. The number of carbonyl (C=O) groups excluding carboxylic acids is 2. The molecule has 1 unspecified atom stereocenters. The molecule has 3 atom stereocenters. The summed E-state index contributed by atoms with van der Waals surface area (Å²) >= 11 is 0. The Bertz CT molecular complexity index is 546. The monoisotopic (exact) mass is 377 g/mol. The minimum Gasteiger partial charge on any atom is -0.469 e. The number of likely N-dealkylation sites (tertiary alicyclic amines) is 1. The summed E-state index contributed by atoms with van der Waals surface area (Å²) in [6.07, 6.45) is 10.4. The fraction of sp³-hybridized carbons (Fsp3) is 0.727. The van der Waals surface area contributed by atoms with Crippen LogP contribution >= 0.6 is 0 Å². The highest BCUT2D eigenvalue weighted by Gasteiger charge is 2.28. The number of methoxy groups -OCH3 is 1. The average molecular weight is 378 g/mol. The lowest BCUT2D eigenvalue weighted by Crippen LogP contribution is -2.33. The van der Waals surface area contributed by atoms with E-state index < -0.39 is 6.10 Å². The summed E-state index contributed by atoms with van der Waals surface area (Å²) < 4.78 is 4.63. The Morgan fingerprint density at radius 1 is 1.33 bits per heavy atom. The quantitative estimate of drug-likeness (QED) is 0.259. The number of carbonyl (C=O) groups is 2. The first-order valence-corrected chi connectivity index (χ1v) is 10.2. The number of esters is 1. The van der Waals surface area contributed by atoms with Gasteiger partial charge in [0.2, 0.25) is 5.91 Å². The Labute approximate surface area is 164 Å². The molecule has 1 N–H and O–H groups in total. The molecule has 1 amide bonds. The molecule has 1 heterocycles. The van der Waals surface area contributed by atoms with Gasteiger partial charge in [-0.15, -0.1) is 11.8 Å². The van der Waals surface area contributed by atoms with Crippen LogP contribution in [-0.4, -0.2) is 47.7 Å². The van der Waals surface area contributed by atoms with Crippen LogP contribution in [0.3, 0.4) is 0 Å². The Morgan fingerprint density at radius 3 is 2.78 bits per heavy atom. The van der Waals surface area contributed by atoms with Gasteiger partial charge in [-0.25, -0.2) is 0 Å². The van der Waals surface area contributed by atoms with E-state index in [0.717, 1.165) is 45.1 Å². The van der Waals surface area contributed by atoms with Crippen LogP contribution in [0.5, 0.6) is 0 Å². The zero-order chi connectivity index (χ0) is 20.1. The van der Waals surface area contributed by atoms with Crippen LogP contribution in [0, 0.1) is 17.8 Å². The van der Waals surface area contributed by atoms with E-state index in [1.807, 2.05) is 30.9 Å². The molecule has 152 valence electrons. The summed E-state index contributed by atoms with van der Waals surface area (Å²) in [6, 6.07) is 0.0798. The van der Waals surface area contributed by atoms with Crippen LogP contribution in [0.15, 0.2) is 12.2 Å². The molecular weight excluding hydrogens is 342 g/mol. The average Bonchev–Trinajstić information content (AvgIpc) is 3.02. The van der Waals surface area contributed by atoms with Gasteiger partial charge in [0.1, 0.15) is 0 Å². The van der Waals surface area contributed by atoms with Gasteiger partial charge in [-0.1, -0.05) is 38.8 Å². The third kappa shape index (κ3) is 9.10. The van der Waals surface area contributed by atoms with Crippen LogP contribution < -0.4 is 0 Å². The second-order valence-corrected chi connectivity index (χ2v) is 7.20. The Balaban J connectivity index is 2.37. The van der Waals surface area contributed by atoms with E-state index >= 15 is 0 Å². The summed E-state index contributed by atoms with van der Waals surface area (Å²) in [7, 11) is 1.41. The van der Waals surface area contributed by atoms with E-state index in [-0.39, 0.29) is 23.8 Å². The van der Waals surface area contributed by atoms with Crippen LogP contribution in [0.25, 0.3) is 0 Å². The maximum Gasteiger partial charge on any atom is 0.305 e. The van der Waals surface area contributed by atoms with Crippen LogP contribution in [0.1, 0.15) is 71.6 Å². The predicted octanol–water partition coefficient (Wildman–Crippen LogP) is 3.46. The largest absolute Gasteiger partial charge is 0.469 e. The van der Waals surface area contributed by atoms with Gasteiger partial charge in [0.15, 0.2) is 0 Å². The number of aliphatic hydroxyl groups excluding tert-OH is 1. The number of rotatable bonds is 11. The molecule has 0 aliphatic carbocycles. The SMILES string of the molecule is CCC#CC[C@H](C)[C@@H](O)C=CC1CCC(=O)N1CCCCCCC(=O)OC. The highest BCUT2D eigenvalue weighted by molar-refractivity contribution is 5.79. The number of unbranched alkanes of at least 4 members (excludes halogenated alkanes) is 3. The highest BCUT2D eigenvalue weighted by atomic mass is 16.5. The molecule has 0 aromatic heterocycles. The molecular formula is C22H35NO4. The van der Waals surface area contributed by atoms with Gasteiger partial charge >= 0.3 is 5.97 Å². The second kappa shape index (κ2) is 13.4. The summed E-state index contributed by atoms with van der Waals surface area (Å²) in [6.45, 7) is 4.74. The molecule has 0 radical (unpaired) electrons. The van der Waals surface area contributed by atoms with Gasteiger partial charge in [-0.05, 0) is 25.2 Å². The van der Waals surface area contributed by atoms with Crippen molar-refractivity contribution in [3.63, 3.8) is 0 Å². The molecule has 5 heteroatoms. The molecule has 1 rings (SSSR count). The first kappa shape index (κ1) is 23.2. The van der Waals surface area contributed by atoms with Crippen molar-refractivity contribution >= 4 is 11.9 Å². The van der Waals surface area contributed by atoms with Gasteiger partial charge in [0, 0.05) is 32.2 Å². The van der Waals surface area contributed by atoms with Gasteiger partial charge in [0.05, 0.1) is 19.3 Å². The molecule has 1 saturated heterocycles. The highest BCUT2D eigenvalue weighted by Crippen LogP contribution is 2.22. The van der Waals surface area contributed by atoms with Crippen molar-refractivity contribution < 1.29 is 19.4 Å². The lowest BCUT2D eigenvalue weighted by atomic mass is 10.00. The Hall–Kier alpha value is -1.80. The molecule has 27 heavy (non-hydrogen) atoms. The van der Waals surface area contributed by atoms with Crippen molar-refractivity contribution in [2.75, 3.05) is 13.7 Å². The summed E-state index contributed by atoms with van der Waals surface area (Å²) in [5.41, 5.74) is 0. The van der Waals surface area contributed by atoms with Gasteiger partial charge in [0.25, 0.3) is 0 Å². The third-order valence-electron chi connectivity index (χ3n) is 4.97. The molecule has 0 bridgehead atoms. The van der Waals surface area contributed by atoms with Crippen molar-refractivity contribution in [1.29, 1.82) is 0 Å². The Morgan fingerprint density at radius 2 is 2.07 bits per heavy atom. The number of aliphatic hydroxyl groups is 1. The molecule has 5 nitrogen and oxygen atoms in total. The number of hydrogen-bond donors (Lipinski definition) is 1. The molecule has 0 aromatic rings. The molecule has 0 spiro atoms. The van der Waals surface area contributed by atoms with Gasteiger partial charge in [-0.3, -0.25) is 9.59 Å². The summed E-state index contributed by atoms with van der Waals surface area (Å²) in [5.74, 6) is 6.22. The lowest BCUT2D eigenvalue weighted by Gasteiger charge is -2.23. The first-order valence-electron chi connectivity index (χ1n) is 10.2. The molecule has 1 aliphatic rings. The van der Waals surface area contributed by atoms with Crippen molar-refractivity contribution in [1.82, 2.24) is 4.90 Å². The first-order chi connectivity index (χ1) is 13.0. The predicted molar refractivity (Wildman–Crippen MR) is 107 cm³/mol. The zero-order valence-electron chi connectivity index (χ0n) is 17.1. The van der Waals surface area contributed by atoms with Crippen molar-refractivity contribution in [3.8, 4) is 11.8 Å². The normalized spacial score (nSPS) is 19.0. The minimum absolute atomic E-state index is 0.0798. The fourth-order valence-corrected chi connectivity index (χ4v) is 3.16. The van der Waals surface area contributed by atoms with Gasteiger partial charge < -0.3 is 14.7 Å². The van der Waals surface area contributed by atoms with E-state index in [2.05, 4.69) is 16.6 Å². The van der Waals surface area contributed by atoms with Crippen LogP contribution in [-0.2, 0) is 14.3 Å². The standard InChI is InChI=1S/C22H35NO4/c1-4-5-8-11-18(2)20(24)15-13-19-14-16-21(25)23(19)17-10-7-6-9-12-22(26)27-3/h13,15,18-20,24H,4,6-7,9-12,14,16-17H2,1-3H3/t18-,19?,20-/m0/s1. The summed E-state index contributed by atoms with van der Waals surface area (Å²) in [4.78, 5) is 25.1. The van der Waals surface area contributed by atoms with Crippen LogP contribution in [0.4, 0.5) is 0 Å². The second-order valence-electron chi connectivity index (χ2n) is 7.20. The maximum absolute atomic E-state index is 12.1. The Kier molecular flexibility index (Phi) is 11.5. The number of nitrogens with zero attached hydrogens (tertiary/aromatic N) is 1. The summed E-state index contributed by atoms with van der Waals surface area (Å²) in [5, 5.41) is 10.3. The van der Waals surface area contributed by atoms with E-state index in [0.29, 0.717) is 19.3 Å². The topological polar surface area (TPSA) is 66.8 Å². The molecule has 1 aliphatic heterocycles. The maximum atomic E-state index is 12.1. The number of ether oxygens (including phenoxy) is 1. The number of hydrogen-bond acceptors (Lipinski definition) is 4. The molecule has 0 aromatic carbocycles. The van der Waals surface area contributed by atoms with Crippen molar-refractivity contribution in [3.05, 3.63) is 12.2 Å². The minimum atomic E-state index is -0.535. The van der Waals surface area contributed by atoms with E-state index in [9.17, 15) is 14.7 Å². The van der Waals surface area contributed by atoms with Crippen LogP contribution in [0.2, 0.25) is 0 Å². The molecule has 0 saturated carbocycles.